The highest BCUT2D eigenvalue weighted by Crippen LogP contribution is 2.40. The van der Waals surface area contributed by atoms with Gasteiger partial charge in [-0.3, -0.25) is 19.3 Å². The number of carbonyl (C=O) groups excluding carboxylic acids is 3. The number of nitrogens with zero attached hydrogens (tertiary/aromatic N) is 1. The topological polar surface area (TPSA) is 165 Å². The quantitative estimate of drug-likeness (QED) is 0.273. The van der Waals surface area contributed by atoms with Gasteiger partial charge in [0.15, 0.2) is 5.75 Å². The molecule has 0 radical (unpaired) electrons. The van der Waals surface area contributed by atoms with Crippen LogP contribution in [0.5, 0.6) is 11.5 Å². The van der Waals surface area contributed by atoms with Crippen molar-refractivity contribution in [3.05, 3.63) is 74.9 Å². The van der Waals surface area contributed by atoms with Crippen LogP contribution in [0, 0.1) is 15.2 Å². The highest BCUT2D eigenvalue weighted by Gasteiger charge is 2.39. The summed E-state index contributed by atoms with van der Waals surface area (Å²) < 4.78 is 35.6. The van der Waals surface area contributed by atoms with Crippen molar-refractivity contribution in [2.75, 3.05) is 10.2 Å². The van der Waals surface area contributed by atoms with E-state index in [1.807, 2.05) is 22.6 Å². The van der Waals surface area contributed by atoms with Gasteiger partial charge in [0.1, 0.15) is 29.0 Å². The molecule has 38 heavy (non-hydrogen) atoms. The van der Waals surface area contributed by atoms with Gasteiger partial charge in [-0.1, -0.05) is 0 Å². The van der Waals surface area contributed by atoms with Crippen LogP contribution in [-0.2, 0) is 9.59 Å². The molecule has 10 nitrogen and oxygen atoms in total. The van der Waals surface area contributed by atoms with Gasteiger partial charge in [-0.2, -0.15) is 0 Å². The van der Waals surface area contributed by atoms with E-state index >= 15 is 0 Å². The molecular weight excluding hydrogens is 617 g/mol. The molecule has 3 aromatic rings. The normalized spacial score (nSPS) is 14.9. The number of ether oxygens (including phenoxy) is 1. The fourth-order valence-corrected chi connectivity index (χ4v) is 4.49. The molecular formula is C25H19F2IN4O6. The number of nitrogens with one attached hydrogen (secondary N) is 1. The molecule has 1 unspecified atom stereocenters. The minimum absolute atomic E-state index is 0.0212. The molecule has 4 rings (SSSR count). The smallest absolute Gasteiger partial charge is 0.326 e. The number of anilines is 3. The molecule has 0 saturated carbocycles. The second kappa shape index (κ2) is 10.6. The van der Waals surface area contributed by atoms with Crippen molar-refractivity contribution >= 4 is 63.3 Å². The van der Waals surface area contributed by atoms with Gasteiger partial charge in [0.2, 0.25) is 11.8 Å². The minimum atomic E-state index is -1.27. The van der Waals surface area contributed by atoms with Gasteiger partial charge in [-0.15, -0.1) is 0 Å². The highest BCUT2D eigenvalue weighted by atomic mass is 127. The summed E-state index contributed by atoms with van der Waals surface area (Å²) in [5.74, 6) is -6.00. The number of hydrogen-bond donors (Lipinski definition) is 4. The number of aliphatic carboxylic acids is 1. The van der Waals surface area contributed by atoms with E-state index in [1.54, 1.807) is 6.07 Å². The van der Waals surface area contributed by atoms with E-state index in [0.29, 0.717) is 3.57 Å². The number of amides is 3. The van der Waals surface area contributed by atoms with Gasteiger partial charge < -0.3 is 26.6 Å². The van der Waals surface area contributed by atoms with Crippen LogP contribution in [0.1, 0.15) is 33.6 Å². The van der Waals surface area contributed by atoms with E-state index in [4.69, 9.17) is 16.2 Å². The first kappa shape index (κ1) is 26.8. The van der Waals surface area contributed by atoms with Crippen LogP contribution in [-0.4, -0.2) is 34.8 Å². The monoisotopic (exact) mass is 636 g/mol. The van der Waals surface area contributed by atoms with Crippen LogP contribution in [0.4, 0.5) is 25.8 Å². The molecule has 0 aromatic heterocycles. The van der Waals surface area contributed by atoms with Gasteiger partial charge in [0.25, 0.3) is 5.91 Å². The number of halogens is 3. The molecule has 3 aromatic carbocycles. The summed E-state index contributed by atoms with van der Waals surface area (Å²) in [6, 6.07) is 8.36. The third-order valence-electron chi connectivity index (χ3n) is 5.73. The summed E-state index contributed by atoms with van der Waals surface area (Å²) in [6.45, 7) is 0. The lowest BCUT2D eigenvalue weighted by molar-refractivity contribution is -0.138. The number of nitrogens with two attached hydrogens (primary N) is 2. The Morgan fingerprint density at radius 3 is 2.37 bits per heavy atom. The Hall–Kier alpha value is -4.27. The molecule has 1 atom stereocenters. The number of primary amides is 2. The van der Waals surface area contributed by atoms with Crippen LogP contribution in [0.15, 0.2) is 48.5 Å². The van der Waals surface area contributed by atoms with Crippen molar-refractivity contribution < 1.29 is 37.8 Å². The van der Waals surface area contributed by atoms with Crippen LogP contribution >= 0.6 is 22.6 Å². The standard InChI is InChI=1S/C25H19F2IN4O6/c26-12-8-16(31-15-3-2-13(28)10-14(15)27)22(24(30)35)20(9-12)38-19-7-11(23(29)34)1-4-17(19)32-18(25(36)37)5-6-21(32)33/h1-4,7-10,18,31H,5-6H2,(H2,29,34)(H2,30,35)(H,36,37). The predicted octanol–water partition coefficient (Wildman–Crippen LogP) is 3.88. The van der Waals surface area contributed by atoms with E-state index in [1.165, 1.54) is 24.3 Å². The molecule has 1 saturated heterocycles. The maximum Gasteiger partial charge on any atom is 0.326 e. The van der Waals surface area contributed by atoms with Crippen LogP contribution in [0.2, 0.25) is 0 Å². The Kier molecular flexibility index (Phi) is 7.48. The van der Waals surface area contributed by atoms with Gasteiger partial charge in [0, 0.05) is 21.6 Å². The molecule has 196 valence electrons. The zero-order chi connectivity index (χ0) is 27.7. The van der Waals surface area contributed by atoms with Gasteiger partial charge >= 0.3 is 5.97 Å². The zero-order valence-electron chi connectivity index (χ0n) is 19.3. The summed E-state index contributed by atoms with van der Waals surface area (Å²) in [6.07, 6.45) is -0.0382. The molecule has 1 fully saturated rings. The second-order valence-electron chi connectivity index (χ2n) is 8.25. The van der Waals surface area contributed by atoms with Gasteiger partial charge in [-0.25, -0.2) is 13.6 Å². The molecule has 1 aliphatic heterocycles. The summed E-state index contributed by atoms with van der Waals surface area (Å²) >= 11 is 1.91. The zero-order valence-corrected chi connectivity index (χ0v) is 21.5. The molecule has 1 aliphatic rings. The average molecular weight is 636 g/mol. The largest absolute Gasteiger partial charge is 0.480 e. The molecule has 1 heterocycles. The van der Waals surface area contributed by atoms with Crippen molar-refractivity contribution in [3.63, 3.8) is 0 Å². The van der Waals surface area contributed by atoms with E-state index in [2.05, 4.69) is 5.32 Å². The Morgan fingerprint density at radius 2 is 1.74 bits per heavy atom. The Morgan fingerprint density at radius 1 is 1.00 bits per heavy atom. The van der Waals surface area contributed by atoms with Crippen molar-refractivity contribution in [1.82, 2.24) is 0 Å². The molecule has 0 spiro atoms. The summed E-state index contributed by atoms with van der Waals surface area (Å²) in [4.78, 5) is 49.6. The van der Waals surface area contributed by atoms with E-state index in [0.717, 1.165) is 23.1 Å². The number of carboxylic acid groups (broad SMARTS) is 1. The third kappa shape index (κ3) is 5.37. The predicted molar refractivity (Wildman–Crippen MR) is 140 cm³/mol. The molecule has 0 aliphatic carbocycles. The van der Waals surface area contributed by atoms with E-state index in [9.17, 15) is 33.1 Å². The number of hydrogen-bond acceptors (Lipinski definition) is 6. The molecule has 6 N–H and O–H groups in total. The second-order valence-corrected chi connectivity index (χ2v) is 9.49. The lowest BCUT2D eigenvalue weighted by atomic mass is 10.1. The first-order chi connectivity index (χ1) is 18.0. The lowest BCUT2D eigenvalue weighted by Crippen LogP contribution is -2.38. The van der Waals surface area contributed by atoms with Crippen LogP contribution in [0.3, 0.4) is 0 Å². The minimum Gasteiger partial charge on any atom is -0.480 e. The maximum absolute atomic E-state index is 14.7. The van der Waals surface area contributed by atoms with Crippen LogP contribution in [0.25, 0.3) is 0 Å². The molecule has 3 amide bonds. The van der Waals surface area contributed by atoms with Crippen LogP contribution < -0.4 is 26.4 Å². The fraction of sp³-hybridized carbons (Fsp3) is 0.120. The van der Waals surface area contributed by atoms with Gasteiger partial charge in [0.05, 0.1) is 17.1 Å². The van der Waals surface area contributed by atoms with Crippen molar-refractivity contribution in [3.8, 4) is 11.5 Å². The first-order valence-electron chi connectivity index (χ1n) is 11.0. The number of carboxylic acids is 1. The first-order valence-corrected chi connectivity index (χ1v) is 12.1. The van der Waals surface area contributed by atoms with Crippen molar-refractivity contribution in [2.45, 2.75) is 18.9 Å². The third-order valence-corrected chi connectivity index (χ3v) is 6.41. The number of carbonyl (C=O) groups is 4. The number of benzene rings is 3. The lowest BCUT2D eigenvalue weighted by Gasteiger charge is -2.25. The van der Waals surface area contributed by atoms with Crippen molar-refractivity contribution in [2.24, 2.45) is 11.5 Å². The SMILES string of the molecule is NC(=O)c1ccc(N2C(=O)CCC2C(=O)O)c(Oc2cc(F)cc(Nc3ccc(I)cc3F)c2C(N)=O)c1. The average Bonchev–Trinajstić information content (AvgIpc) is 3.21. The summed E-state index contributed by atoms with van der Waals surface area (Å²) in [5, 5.41) is 12.2. The van der Waals surface area contributed by atoms with E-state index < -0.39 is 47.1 Å². The Bertz CT molecular complexity index is 1500. The maximum atomic E-state index is 14.7. The van der Waals surface area contributed by atoms with Gasteiger partial charge in [-0.05, 0) is 71.5 Å². The van der Waals surface area contributed by atoms with E-state index in [-0.39, 0.29) is 46.8 Å². The Balaban J connectivity index is 1.85. The fourth-order valence-electron chi connectivity index (χ4n) is 4.04. The van der Waals surface area contributed by atoms with Crippen molar-refractivity contribution in [1.29, 1.82) is 0 Å². The Labute approximate surface area is 227 Å². The summed E-state index contributed by atoms with van der Waals surface area (Å²) in [5.41, 5.74) is 10.1. The number of rotatable bonds is 8. The molecule has 0 bridgehead atoms. The molecule has 13 heteroatoms. The summed E-state index contributed by atoms with van der Waals surface area (Å²) in [7, 11) is 0. The highest BCUT2D eigenvalue weighted by molar-refractivity contribution is 14.1.